The molecule has 3 heterocycles. The first kappa shape index (κ1) is 19.2. The van der Waals surface area contributed by atoms with Crippen LogP contribution in [0.25, 0.3) is 10.9 Å². The van der Waals surface area contributed by atoms with Crippen molar-refractivity contribution in [1.82, 2.24) is 14.9 Å². The Hall–Kier alpha value is -2.81. The second kappa shape index (κ2) is 7.16. The van der Waals surface area contributed by atoms with Gasteiger partial charge in [-0.2, -0.15) is 4.98 Å². The number of hydrogen-bond donors (Lipinski definition) is 1. The van der Waals surface area contributed by atoms with Crippen LogP contribution in [0.2, 0.25) is 0 Å². The summed E-state index contributed by atoms with van der Waals surface area (Å²) in [6, 6.07) is 3.60. The van der Waals surface area contributed by atoms with Crippen LogP contribution >= 0.6 is 0 Å². The van der Waals surface area contributed by atoms with Gasteiger partial charge in [0.15, 0.2) is 11.5 Å². The molecule has 0 bridgehead atoms. The van der Waals surface area contributed by atoms with E-state index >= 15 is 0 Å². The topological polar surface area (TPSA) is 103 Å². The van der Waals surface area contributed by atoms with Crippen LogP contribution in [0.3, 0.4) is 0 Å². The van der Waals surface area contributed by atoms with E-state index in [-0.39, 0.29) is 12.0 Å². The molecule has 1 aromatic carbocycles. The highest BCUT2D eigenvalue weighted by atomic mass is 16.5. The van der Waals surface area contributed by atoms with Crippen LogP contribution < -0.4 is 20.1 Å². The van der Waals surface area contributed by atoms with Gasteiger partial charge in [0.25, 0.3) is 5.91 Å². The molecule has 0 radical (unpaired) electrons. The van der Waals surface area contributed by atoms with Crippen molar-refractivity contribution < 1.29 is 19.0 Å². The molecule has 9 nitrogen and oxygen atoms in total. The summed E-state index contributed by atoms with van der Waals surface area (Å²) >= 11 is 0. The van der Waals surface area contributed by atoms with Gasteiger partial charge in [0.2, 0.25) is 5.95 Å². The minimum Gasteiger partial charge on any atom is -0.493 e. The smallest absolute Gasteiger partial charge is 0.251 e. The molecule has 2 aromatic rings. The van der Waals surface area contributed by atoms with Crippen LogP contribution in [0.5, 0.6) is 11.5 Å². The largest absolute Gasteiger partial charge is 0.493 e. The summed E-state index contributed by atoms with van der Waals surface area (Å²) in [6.07, 6.45) is 3.00. The molecule has 0 unspecified atom stereocenters. The van der Waals surface area contributed by atoms with Crippen LogP contribution in [0.4, 0.5) is 11.8 Å². The molecule has 3 aliphatic rings. The van der Waals surface area contributed by atoms with Gasteiger partial charge in [-0.3, -0.25) is 4.79 Å². The summed E-state index contributed by atoms with van der Waals surface area (Å²) in [4.78, 5) is 26.0. The number of piperazine rings is 1. The molecule has 1 amide bonds. The number of nitrogens with zero attached hydrogens (tertiary/aromatic N) is 4. The van der Waals surface area contributed by atoms with Gasteiger partial charge in [-0.15, -0.1) is 0 Å². The molecule has 2 saturated heterocycles. The van der Waals surface area contributed by atoms with E-state index < -0.39 is 0 Å². The molecule has 1 aliphatic carbocycles. The number of carbonyl (C=O) groups excluding carboxylic acids is 1. The van der Waals surface area contributed by atoms with Gasteiger partial charge in [0.1, 0.15) is 11.9 Å². The average molecular weight is 413 g/mol. The zero-order chi connectivity index (χ0) is 20.9. The first-order chi connectivity index (χ1) is 14.5. The highest BCUT2D eigenvalue weighted by Gasteiger charge is 2.51. The highest BCUT2D eigenvalue weighted by Crippen LogP contribution is 2.54. The maximum absolute atomic E-state index is 12.8. The van der Waals surface area contributed by atoms with E-state index in [1.54, 1.807) is 26.4 Å². The fraction of sp³-hybridized carbons (Fsp3) is 0.571. The second-order valence-corrected chi connectivity index (χ2v) is 8.45. The number of fused-ring (bicyclic) bond motifs is 1. The number of aromatic nitrogens is 2. The Bertz CT molecular complexity index is 985. The Morgan fingerprint density at radius 3 is 2.47 bits per heavy atom. The van der Waals surface area contributed by atoms with E-state index in [9.17, 15) is 4.79 Å². The Morgan fingerprint density at radius 2 is 1.83 bits per heavy atom. The molecule has 1 aromatic heterocycles. The van der Waals surface area contributed by atoms with Gasteiger partial charge >= 0.3 is 0 Å². The second-order valence-electron chi connectivity index (χ2n) is 8.45. The number of nitrogen functional groups attached to an aromatic ring is 1. The summed E-state index contributed by atoms with van der Waals surface area (Å²) in [6.45, 7) is 3.30. The zero-order valence-corrected chi connectivity index (χ0v) is 17.4. The van der Waals surface area contributed by atoms with Crippen molar-refractivity contribution in [3.63, 3.8) is 0 Å². The Kier molecular flexibility index (Phi) is 4.57. The fourth-order valence-corrected chi connectivity index (χ4v) is 4.41. The van der Waals surface area contributed by atoms with Crippen molar-refractivity contribution in [3.8, 4) is 11.5 Å². The summed E-state index contributed by atoms with van der Waals surface area (Å²) in [5.41, 5.74) is 7.22. The monoisotopic (exact) mass is 413 g/mol. The normalized spacial score (nSPS) is 22.5. The Balaban J connectivity index is 1.30. The van der Waals surface area contributed by atoms with Gasteiger partial charge < -0.3 is 29.7 Å². The molecule has 3 fully saturated rings. The van der Waals surface area contributed by atoms with Crippen LogP contribution in [0, 0.1) is 5.41 Å². The van der Waals surface area contributed by atoms with Crippen molar-refractivity contribution >= 4 is 28.6 Å². The predicted molar refractivity (Wildman–Crippen MR) is 112 cm³/mol. The van der Waals surface area contributed by atoms with Crippen molar-refractivity contribution in [2.45, 2.75) is 25.4 Å². The third-order valence-corrected chi connectivity index (χ3v) is 6.53. The molecule has 1 spiro atoms. The van der Waals surface area contributed by atoms with E-state index in [1.165, 1.54) is 12.8 Å². The molecule has 1 atom stereocenters. The first-order valence-electron chi connectivity index (χ1n) is 10.4. The van der Waals surface area contributed by atoms with E-state index in [1.807, 2.05) is 4.90 Å². The minimum atomic E-state index is -0.269. The molecular formula is C21H27N5O4. The lowest BCUT2D eigenvalue weighted by Gasteiger charge is -2.35. The SMILES string of the molecule is COc1cc2nc(N3CCN(C(=O)[C@@H]4CC5(CC5)CO4)CC3)nc(N)c2cc1OC. The first-order valence-corrected chi connectivity index (χ1v) is 10.4. The summed E-state index contributed by atoms with van der Waals surface area (Å²) in [5.74, 6) is 2.25. The lowest BCUT2D eigenvalue weighted by Crippen LogP contribution is -2.51. The third kappa shape index (κ3) is 3.27. The summed E-state index contributed by atoms with van der Waals surface area (Å²) in [5, 5.41) is 0.720. The van der Waals surface area contributed by atoms with E-state index in [4.69, 9.17) is 19.9 Å². The standard InChI is InChI=1S/C21H27N5O4/c1-28-15-9-13-14(10-16(15)29-2)23-20(24-18(13)22)26-7-5-25(6-8-26)19(27)17-11-21(3-4-21)12-30-17/h9-10,17H,3-8,11-12H2,1-2H3,(H2,22,23,24)/t17-/m0/s1. The van der Waals surface area contributed by atoms with Crippen molar-refractivity contribution in [2.24, 2.45) is 5.41 Å². The Labute approximate surface area is 175 Å². The molecule has 1 saturated carbocycles. The molecule has 2 aliphatic heterocycles. The maximum atomic E-state index is 12.8. The minimum absolute atomic E-state index is 0.120. The maximum Gasteiger partial charge on any atom is 0.251 e. The number of anilines is 2. The lowest BCUT2D eigenvalue weighted by molar-refractivity contribution is -0.141. The van der Waals surface area contributed by atoms with E-state index in [0.29, 0.717) is 60.4 Å². The van der Waals surface area contributed by atoms with Crippen LogP contribution in [0.1, 0.15) is 19.3 Å². The van der Waals surface area contributed by atoms with E-state index in [2.05, 4.69) is 14.9 Å². The number of carbonyl (C=O) groups is 1. The molecule has 30 heavy (non-hydrogen) atoms. The van der Waals surface area contributed by atoms with Gasteiger partial charge in [0.05, 0.1) is 26.3 Å². The predicted octanol–water partition coefficient (Wildman–Crippen LogP) is 1.45. The molecule has 2 N–H and O–H groups in total. The zero-order valence-electron chi connectivity index (χ0n) is 17.4. The average Bonchev–Trinajstić information content (AvgIpc) is 3.40. The quantitative estimate of drug-likeness (QED) is 0.803. The molecule has 9 heteroatoms. The van der Waals surface area contributed by atoms with Crippen LogP contribution in [-0.2, 0) is 9.53 Å². The van der Waals surface area contributed by atoms with Crippen molar-refractivity contribution in [2.75, 3.05) is 57.6 Å². The number of nitrogens with two attached hydrogens (primary N) is 1. The van der Waals surface area contributed by atoms with Crippen LogP contribution in [0.15, 0.2) is 12.1 Å². The highest BCUT2D eigenvalue weighted by molar-refractivity contribution is 5.91. The fourth-order valence-electron chi connectivity index (χ4n) is 4.41. The molecule has 160 valence electrons. The van der Waals surface area contributed by atoms with Gasteiger partial charge in [-0.1, -0.05) is 0 Å². The Morgan fingerprint density at radius 1 is 1.13 bits per heavy atom. The third-order valence-electron chi connectivity index (χ3n) is 6.53. The van der Waals surface area contributed by atoms with E-state index in [0.717, 1.165) is 18.4 Å². The number of amides is 1. The summed E-state index contributed by atoms with van der Waals surface area (Å²) in [7, 11) is 3.17. The summed E-state index contributed by atoms with van der Waals surface area (Å²) < 4.78 is 16.5. The van der Waals surface area contributed by atoms with Gasteiger partial charge in [-0.05, 0) is 30.7 Å². The lowest BCUT2D eigenvalue weighted by atomic mass is 10.0. The van der Waals surface area contributed by atoms with Gasteiger partial charge in [0, 0.05) is 37.6 Å². The van der Waals surface area contributed by atoms with Crippen LogP contribution in [-0.4, -0.2) is 73.9 Å². The number of benzene rings is 1. The van der Waals surface area contributed by atoms with Crippen molar-refractivity contribution in [3.05, 3.63) is 12.1 Å². The number of methoxy groups -OCH3 is 2. The van der Waals surface area contributed by atoms with Crippen molar-refractivity contribution in [1.29, 1.82) is 0 Å². The molecule has 5 rings (SSSR count). The number of rotatable bonds is 4. The number of ether oxygens (including phenoxy) is 3. The number of hydrogen-bond acceptors (Lipinski definition) is 8. The molecular weight excluding hydrogens is 386 g/mol. The van der Waals surface area contributed by atoms with Gasteiger partial charge in [-0.25, -0.2) is 4.98 Å².